The highest BCUT2D eigenvalue weighted by Crippen LogP contribution is 2.30. The second-order valence-electron chi connectivity index (χ2n) is 5.98. The summed E-state index contributed by atoms with van der Waals surface area (Å²) in [6.45, 7) is 3.42. The number of amides is 1. The number of fused-ring (bicyclic) bond motifs is 3. The molecule has 110 valence electrons. The summed E-state index contributed by atoms with van der Waals surface area (Å²) in [6, 6.07) is 6.32. The number of aromatic nitrogens is 1. The van der Waals surface area contributed by atoms with Crippen molar-refractivity contribution in [1.82, 2.24) is 15.2 Å². The van der Waals surface area contributed by atoms with Crippen molar-refractivity contribution in [3.05, 3.63) is 35.5 Å². The van der Waals surface area contributed by atoms with E-state index in [0.29, 0.717) is 12.0 Å². The van der Waals surface area contributed by atoms with Crippen LogP contribution >= 0.6 is 11.3 Å². The predicted octanol–water partition coefficient (Wildman–Crippen LogP) is 2.57. The van der Waals surface area contributed by atoms with Gasteiger partial charge in [0.05, 0.1) is 4.88 Å². The first kappa shape index (κ1) is 13.1. The van der Waals surface area contributed by atoms with E-state index in [1.807, 2.05) is 30.6 Å². The minimum absolute atomic E-state index is 0.0838. The summed E-state index contributed by atoms with van der Waals surface area (Å²) in [6.07, 6.45) is 6.32. The van der Waals surface area contributed by atoms with Gasteiger partial charge in [0.2, 0.25) is 0 Å². The molecule has 2 N–H and O–H groups in total. The lowest BCUT2D eigenvalue weighted by Crippen LogP contribution is -2.57. The number of rotatable bonds is 3. The van der Waals surface area contributed by atoms with Crippen molar-refractivity contribution in [1.29, 1.82) is 0 Å². The third-order valence-electron chi connectivity index (χ3n) is 4.68. The van der Waals surface area contributed by atoms with Gasteiger partial charge in [-0.3, -0.25) is 4.79 Å². The Kier molecular flexibility index (Phi) is 3.31. The Labute approximate surface area is 128 Å². The summed E-state index contributed by atoms with van der Waals surface area (Å²) in [5.74, 6) is 0.753. The second-order valence-corrected chi connectivity index (χ2v) is 7.07. The van der Waals surface area contributed by atoms with Crippen molar-refractivity contribution in [2.24, 2.45) is 5.92 Å². The van der Waals surface area contributed by atoms with Crippen LogP contribution in [-0.2, 0) is 0 Å². The number of nitrogens with zero attached hydrogens (tertiary/aromatic N) is 1. The van der Waals surface area contributed by atoms with Crippen molar-refractivity contribution in [3.8, 4) is 10.4 Å². The first-order chi connectivity index (χ1) is 10.3. The van der Waals surface area contributed by atoms with Gasteiger partial charge in [0.1, 0.15) is 0 Å². The van der Waals surface area contributed by atoms with Crippen LogP contribution in [0.4, 0.5) is 0 Å². The number of carbonyl (C=O) groups is 1. The van der Waals surface area contributed by atoms with E-state index in [4.69, 9.17) is 0 Å². The molecule has 3 aliphatic rings. The summed E-state index contributed by atoms with van der Waals surface area (Å²) < 4.78 is 0. The van der Waals surface area contributed by atoms with Crippen molar-refractivity contribution >= 4 is 17.2 Å². The molecule has 0 spiro atoms. The zero-order valence-electron chi connectivity index (χ0n) is 11.8. The molecule has 3 fully saturated rings. The average Bonchev–Trinajstić information content (AvgIpc) is 3.20. The maximum atomic E-state index is 12.4. The summed E-state index contributed by atoms with van der Waals surface area (Å²) in [5, 5.41) is 3.25. The fourth-order valence-electron chi connectivity index (χ4n) is 3.46. The number of carbonyl (C=O) groups excluding carboxylic acids is 1. The normalized spacial score (nSPS) is 27.7. The molecule has 5 heterocycles. The molecule has 2 aromatic heterocycles. The largest absolute Gasteiger partial charge is 0.367 e. The average molecular weight is 301 g/mol. The van der Waals surface area contributed by atoms with Crippen molar-refractivity contribution in [2.45, 2.75) is 18.9 Å². The van der Waals surface area contributed by atoms with Crippen LogP contribution in [0.1, 0.15) is 22.5 Å². The van der Waals surface area contributed by atoms with Gasteiger partial charge < -0.3 is 15.2 Å². The van der Waals surface area contributed by atoms with Crippen LogP contribution in [0.3, 0.4) is 0 Å². The molecular weight excluding hydrogens is 282 g/mol. The van der Waals surface area contributed by atoms with Gasteiger partial charge in [-0.2, -0.15) is 0 Å². The molecule has 0 saturated carbocycles. The van der Waals surface area contributed by atoms with Gasteiger partial charge in [-0.15, -0.1) is 11.3 Å². The van der Waals surface area contributed by atoms with Crippen LogP contribution in [0, 0.1) is 5.92 Å². The zero-order valence-corrected chi connectivity index (χ0v) is 12.7. The molecule has 5 heteroatoms. The smallest absolute Gasteiger partial charge is 0.261 e. The lowest BCUT2D eigenvalue weighted by molar-refractivity contribution is 0.0622. The number of hydrogen-bond acceptors (Lipinski definition) is 3. The van der Waals surface area contributed by atoms with Crippen LogP contribution in [0.25, 0.3) is 10.4 Å². The molecule has 0 aromatic carbocycles. The van der Waals surface area contributed by atoms with Gasteiger partial charge >= 0.3 is 0 Å². The molecule has 1 atom stereocenters. The van der Waals surface area contributed by atoms with Crippen LogP contribution in [0.15, 0.2) is 30.6 Å². The molecular formula is C16H19N3OS. The molecule has 0 aliphatic carbocycles. The molecule has 0 radical (unpaired) electrons. The predicted molar refractivity (Wildman–Crippen MR) is 84.5 cm³/mol. The van der Waals surface area contributed by atoms with E-state index in [-0.39, 0.29) is 5.91 Å². The number of aromatic amines is 1. The van der Waals surface area contributed by atoms with E-state index in [0.717, 1.165) is 21.9 Å². The Hall–Kier alpha value is -1.59. The quantitative estimate of drug-likeness (QED) is 0.915. The Morgan fingerprint density at radius 3 is 2.81 bits per heavy atom. The van der Waals surface area contributed by atoms with Gasteiger partial charge in [0.25, 0.3) is 5.91 Å². The first-order valence-corrected chi connectivity index (χ1v) is 8.37. The molecule has 21 heavy (non-hydrogen) atoms. The van der Waals surface area contributed by atoms with Crippen molar-refractivity contribution < 1.29 is 4.79 Å². The standard InChI is InChI=1S/C16H19N3OS/c20-16(18-13-10-19-7-4-11(13)5-8-19)15-2-1-14(21-15)12-3-6-17-9-12/h1-3,6,9,11,13,17H,4-5,7-8,10H2,(H,18,20). The molecule has 1 unspecified atom stereocenters. The first-order valence-electron chi connectivity index (χ1n) is 7.56. The molecule has 3 aliphatic heterocycles. The Bertz CT molecular complexity index is 626. The highest BCUT2D eigenvalue weighted by Gasteiger charge is 2.35. The fourth-order valence-corrected chi connectivity index (χ4v) is 4.37. The van der Waals surface area contributed by atoms with E-state index < -0.39 is 0 Å². The van der Waals surface area contributed by atoms with Crippen LogP contribution < -0.4 is 5.32 Å². The monoisotopic (exact) mass is 301 g/mol. The SMILES string of the molecule is O=C(NC1CN2CCC1CC2)c1ccc(-c2cc[nH]c2)s1. The minimum atomic E-state index is 0.0838. The van der Waals surface area contributed by atoms with Gasteiger partial charge in [-0.25, -0.2) is 0 Å². The zero-order chi connectivity index (χ0) is 14.2. The topological polar surface area (TPSA) is 48.1 Å². The van der Waals surface area contributed by atoms with E-state index in [2.05, 4.69) is 15.2 Å². The van der Waals surface area contributed by atoms with Crippen LogP contribution in [0.2, 0.25) is 0 Å². The van der Waals surface area contributed by atoms with Crippen LogP contribution in [0.5, 0.6) is 0 Å². The van der Waals surface area contributed by atoms with Gasteiger partial charge in [-0.1, -0.05) is 0 Å². The Balaban J connectivity index is 1.46. The van der Waals surface area contributed by atoms with Gasteiger partial charge in [0.15, 0.2) is 0 Å². The molecule has 5 rings (SSSR count). The lowest BCUT2D eigenvalue weighted by Gasteiger charge is -2.44. The van der Waals surface area contributed by atoms with E-state index in [1.165, 1.54) is 25.9 Å². The number of H-pyrrole nitrogens is 1. The summed E-state index contributed by atoms with van der Waals surface area (Å²) in [7, 11) is 0. The summed E-state index contributed by atoms with van der Waals surface area (Å²) in [5.41, 5.74) is 1.14. The third-order valence-corrected chi connectivity index (χ3v) is 5.82. The Morgan fingerprint density at radius 1 is 1.29 bits per heavy atom. The van der Waals surface area contributed by atoms with Crippen molar-refractivity contribution in [2.75, 3.05) is 19.6 Å². The number of hydrogen-bond donors (Lipinski definition) is 2. The van der Waals surface area contributed by atoms with Gasteiger partial charge in [-0.05, 0) is 50.0 Å². The molecule has 2 aromatic rings. The maximum absolute atomic E-state index is 12.4. The maximum Gasteiger partial charge on any atom is 0.261 e. The molecule has 2 bridgehead atoms. The molecule has 4 nitrogen and oxygen atoms in total. The van der Waals surface area contributed by atoms with E-state index >= 15 is 0 Å². The number of thiophene rings is 1. The minimum Gasteiger partial charge on any atom is -0.367 e. The lowest BCUT2D eigenvalue weighted by atomic mass is 9.84. The highest BCUT2D eigenvalue weighted by molar-refractivity contribution is 7.17. The second kappa shape index (κ2) is 5.31. The summed E-state index contributed by atoms with van der Waals surface area (Å²) >= 11 is 1.56. The van der Waals surface area contributed by atoms with Gasteiger partial charge in [0, 0.05) is 35.4 Å². The third kappa shape index (κ3) is 2.51. The number of nitrogens with one attached hydrogen (secondary N) is 2. The fraction of sp³-hybridized carbons (Fsp3) is 0.438. The molecule has 3 saturated heterocycles. The number of piperidine rings is 3. The molecule has 1 amide bonds. The van der Waals surface area contributed by atoms with Crippen molar-refractivity contribution in [3.63, 3.8) is 0 Å². The van der Waals surface area contributed by atoms with E-state index in [9.17, 15) is 4.79 Å². The van der Waals surface area contributed by atoms with E-state index in [1.54, 1.807) is 11.3 Å². The Morgan fingerprint density at radius 2 is 2.14 bits per heavy atom. The van der Waals surface area contributed by atoms with Crippen LogP contribution in [-0.4, -0.2) is 41.5 Å². The summed E-state index contributed by atoms with van der Waals surface area (Å²) in [4.78, 5) is 19.9. The highest BCUT2D eigenvalue weighted by atomic mass is 32.1.